The van der Waals surface area contributed by atoms with Crippen LogP contribution in [-0.2, 0) is 6.42 Å². The van der Waals surface area contributed by atoms with Crippen molar-refractivity contribution in [3.05, 3.63) is 28.3 Å². The summed E-state index contributed by atoms with van der Waals surface area (Å²) in [5.74, 6) is -0.0288. The Kier molecular flexibility index (Phi) is 2.97. The van der Waals surface area contributed by atoms with Crippen molar-refractivity contribution in [2.45, 2.75) is 17.4 Å². The number of methoxy groups -OCH3 is 1. The lowest BCUT2D eigenvalue weighted by Crippen LogP contribution is -2.32. The van der Waals surface area contributed by atoms with E-state index in [1.165, 1.54) is 13.2 Å². The van der Waals surface area contributed by atoms with E-state index < -0.39 is 10.4 Å². The SMILES string of the molecule is COc1cc(Cl)c2c(c1)CCC(F)(Br)C2=O. The molecule has 0 aromatic heterocycles. The van der Waals surface area contributed by atoms with Gasteiger partial charge in [0.15, 0.2) is 0 Å². The molecule has 0 N–H and O–H groups in total. The molecule has 0 radical (unpaired) electrons. The number of benzene rings is 1. The number of hydrogen-bond donors (Lipinski definition) is 0. The monoisotopic (exact) mass is 306 g/mol. The highest BCUT2D eigenvalue weighted by Crippen LogP contribution is 2.40. The van der Waals surface area contributed by atoms with Crippen molar-refractivity contribution in [2.24, 2.45) is 0 Å². The first-order valence-electron chi connectivity index (χ1n) is 4.75. The fourth-order valence-electron chi connectivity index (χ4n) is 1.79. The van der Waals surface area contributed by atoms with E-state index in [9.17, 15) is 9.18 Å². The fraction of sp³-hybridized carbons (Fsp3) is 0.364. The van der Waals surface area contributed by atoms with Crippen LogP contribution in [0.1, 0.15) is 22.3 Å². The van der Waals surface area contributed by atoms with Gasteiger partial charge in [-0.05, 0) is 40.0 Å². The van der Waals surface area contributed by atoms with Crippen LogP contribution in [0.3, 0.4) is 0 Å². The summed E-state index contributed by atoms with van der Waals surface area (Å²) in [4.78, 5) is 11.8. The van der Waals surface area contributed by atoms with Gasteiger partial charge in [-0.1, -0.05) is 11.6 Å². The molecule has 1 aliphatic rings. The van der Waals surface area contributed by atoms with Crippen LogP contribution in [0, 0.1) is 0 Å². The maximum atomic E-state index is 13.8. The van der Waals surface area contributed by atoms with Gasteiger partial charge in [0, 0.05) is 12.0 Å². The molecule has 0 fully saturated rings. The molecule has 1 aromatic carbocycles. The number of fused-ring (bicyclic) bond motifs is 1. The van der Waals surface area contributed by atoms with Crippen molar-refractivity contribution in [1.29, 1.82) is 0 Å². The summed E-state index contributed by atoms with van der Waals surface area (Å²) < 4.78 is 16.8. The summed E-state index contributed by atoms with van der Waals surface area (Å²) in [5.41, 5.74) is 0.996. The van der Waals surface area contributed by atoms with Crippen molar-refractivity contribution >= 4 is 33.3 Å². The Hall–Kier alpha value is -0.610. The van der Waals surface area contributed by atoms with E-state index in [1.54, 1.807) is 6.07 Å². The van der Waals surface area contributed by atoms with Crippen molar-refractivity contribution in [1.82, 2.24) is 0 Å². The molecule has 0 spiro atoms. The summed E-state index contributed by atoms with van der Waals surface area (Å²) in [6.07, 6.45) is 0.572. The highest BCUT2D eigenvalue weighted by molar-refractivity contribution is 9.10. The van der Waals surface area contributed by atoms with Gasteiger partial charge < -0.3 is 4.74 Å². The normalized spacial score (nSPS) is 24.1. The summed E-state index contributed by atoms with van der Waals surface area (Å²) in [5, 5.41) is 0.237. The number of alkyl halides is 2. The van der Waals surface area contributed by atoms with Crippen molar-refractivity contribution in [2.75, 3.05) is 7.11 Å². The minimum atomic E-state index is -1.99. The number of hydrogen-bond acceptors (Lipinski definition) is 2. The van der Waals surface area contributed by atoms with E-state index in [0.29, 0.717) is 12.2 Å². The zero-order valence-corrected chi connectivity index (χ0v) is 10.9. The van der Waals surface area contributed by atoms with E-state index in [2.05, 4.69) is 15.9 Å². The maximum Gasteiger partial charge on any atom is 0.227 e. The predicted octanol–water partition coefficient (Wildman–Crippen LogP) is 3.54. The van der Waals surface area contributed by atoms with Crippen LogP contribution >= 0.6 is 27.5 Å². The lowest BCUT2D eigenvalue weighted by molar-refractivity contribution is 0.0823. The molecule has 0 heterocycles. The Labute approximate surface area is 106 Å². The van der Waals surface area contributed by atoms with Crippen LogP contribution in [0.4, 0.5) is 4.39 Å². The van der Waals surface area contributed by atoms with Gasteiger partial charge in [0.2, 0.25) is 10.4 Å². The molecule has 2 nitrogen and oxygen atoms in total. The summed E-state index contributed by atoms with van der Waals surface area (Å²) in [6, 6.07) is 3.24. The average molecular weight is 308 g/mol. The standard InChI is InChI=1S/C11H9BrClFO2/c1-16-7-4-6-2-3-11(12,14)10(15)9(6)8(13)5-7/h4-5H,2-3H2,1H3. The molecule has 0 saturated heterocycles. The third kappa shape index (κ3) is 1.84. The van der Waals surface area contributed by atoms with Gasteiger partial charge in [0.25, 0.3) is 0 Å². The smallest absolute Gasteiger partial charge is 0.227 e. The zero-order valence-electron chi connectivity index (χ0n) is 8.52. The molecular formula is C11H9BrClFO2. The van der Waals surface area contributed by atoms with E-state index in [4.69, 9.17) is 16.3 Å². The van der Waals surface area contributed by atoms with Crippen LogP contribution in [0.5, 0.6) is 5.75 Å². The van der Waals surface area contributed by atoms with Crippen molar-refractivity contribution in [3.63, 3.8) is 0 Å². The van der Waals surface area contributed by atoms with Gasteiger partial charge in [-0.15, -0.1) is 0 Å². The van der Waals surface area contributed by atoms with E-state index in [-0.39, 0.29) is 17.0 Å². The molecular weight excluding hydrogens is 298 g/mol. The maximum absolute atomic E-state index is 13.8. The molecule has 1 atom stereocenters. The van der Waals surface area contributed by atoms with Crippen LogP contribution in [0.25, 0.3) is 0 Å². The minimum absolute atomic E-state index is 0.113. The zero-order chi connectivity index (χ0) is 11.9. The van der Waals surface area contributed by atoms with Crippen LogP contribution in [0.2, 0.25) is 5.02 Å². The van der Waals surface area contributed by atoms with Gasteiger partial charge in [0.05, 0.1) is 12.1 Å². The average Bonchev–Trinajstić information content (AvgIpc) is 2.23. The minimum Gasteiger partial charge on any atom is -0.497 e. The molecule has 2 rings (SSSR count). The summed E-state index contributed by atoms with van der Waals surface area (Å²) >= 11 is 8.75. The summed E-state index contributed by atoms with van der Waals surface area (Å²) in [7, 11) is 1.52. The second-order valence-electron chi connectivity index (χ2n) is 3.68. The molecule has 0 bridgehead atoms. The number of ether oxygens (including phenoxy) is 1. The second kappa shape index (κ2) is 4.00. The number of Topliss-reactive ketones (excluding diaryl/α,β-unsaturated/α-hetero) is 1. The van der Waals surface area contributed by atoms with Crippen molar-refractivity contribution in [3.8, 4) is 5.75 Å². The predicted molar refractivity (Wildman–Crippen MR) is 63.4 cm³/mol. The van der Waals surface area contributed by atoms with Gasteiger partial charge in [-0.3, -0.25) is 4.79 Å². The Morgan fingerprint density at radius 3 is 2.88 bits per heavy atom. The van der Waals surface area contributed by atoms with Crippen LogP contribution in [0.15, 0.2) is 12.1 Å². The Bertz CT molecular complexity index is 460. The molecule has 1 aromatic rings. The Morgan fingerprint density at radius 1 is 1.56 bits per heavy atom. The molecule has 0 aliphatic heterocycles. The molecule has 0 saturated carbocycles. The number of rotatable bonds is 1. The van der Waals surface area contributed by atoms with Gasteiger partial charge in [-0.2, -0.15) is 0 Å². The first-order chi connectivity index (χ1) is 7.45. The number of carbonyl (C=O) groups excluding carboxylic acids is 1. The van der Waals surface area contributed by atoms with E-state index in [0.717, 1.165) is 5.56 Å². The number of carbonyl (C=O) groups is 1. The lowest BCUT2D eigenvalue weighted by Gasteiger charge is -2.25. The Morgan fingerprint density at radius 2 is 2.25 bits per heavy atom. The number of aryl methyl sites for hydroxylation is 1. The molecule has 5 heteroatoms. The summed E-state index contributed by atoms with van der Waals surface area (Å²) in [6.45, 7) is 0. The second-order valence-corrected chi connectivity index (χ2v) is 5.34. The fourth-order valence-corrected chi connectivity index (χ4v) is 2.50. The molecule has 0 amide bonds. The Balaban J connectivity index is 2.57. The molecule has 1 aliphatic carbocycles. The third-order valence-electron chi connectivity index (χ3n) is 2.65. The molecule has 86 valence electrons. The lowest BCUT2D eigenvalue weighted by atomic mass is 9.89. The van der Waals surface area contributed by atoms with Crippen LogP contribution in [-0.4, -0.2) is 17.5 Å². The first kappa shape index (κ1) is 11.9. The molecule has 16 heavy (non-hydrogen) atoms. The third-order valence-corrected chi connectivity index (χ3v) is 3.70. The van der Waals surface area contributed by atoms with Gasteiger partial charge >= 0.3 is 0 Å². The van der Waals surface area contributed by atoms with Gasteiger partial charge in [0.1, 0.15) is 5.75 Å². The highest BCUT2D eigenvalue weighted by Gasteiger charge is 2.41. The number of ketones is 1. The van der Waals surface area contributed by atoms with Gasteiger partial charge in [-0.25, -0.2) is 4.39 Å². The number of halogens is 3. The topological polar surface area (TPSA) is 26.3 Å². The first-order valence-corrected chi connectivity index (χ1v) is 5.92. The van der Waals surface area contributed by atoms with Crippen LogP contribution < -0.4 is 4.74 Å². The quantitative estimate of drug-likeness (QED) is 0.742. The van der Waals surface area contributed by atoms with E-state index in [1.807, 2.05) is 0 Å². The highest BCUT2D eigenvalue weighted by atomic mass is 79.9. The largest absolute Gasteiger partial charge is 0.497 e. The van der Waals surface area contributed by atoms with E-state index >= 15 is 0 Å². The molecule has 1 unspecified atom stereocenters. The van der Waals surface area contributed by atoms with Crippen molar-refractivity contribution < 1.29 is 13.9 Å².